The molecule has 0 aliphatic rings. The zero-order valence-corrected chi connectivity index (χ0v) is 12.6. The van der Waals surface area contributed by atoms with E-state index in [0.717, 1.165) is 22.3 Å². The summed E-state index contributed by atoms with van der Waals surface area (Å²) < 4.78 is 10.8. The van der Waals surface area contributed by atoms with E-state index in [-0.39, 0.29) is 13.0 Å². The molecule has 0 aliphatic heterocycles. The topological polar surface area (TPSA) is 84.4 Å². The van der Waals surface area contributed by atoms with Gasteiger partial charge in [0.05, 0.1) is 24.6 Å². The fourth-order valence-corrected chi connectivity index (χ4v) is 2.31. The fraction of sp³-hybridized carbons (Fsp3) is 0.176. The molecule has 1 aromatic heterocycles. The van der Waals surface area contributed by atoms with Crippen LogP contribution in [0.2, 0.25) is 0 Å². The number of carbonyl (C=O) groups is 1. The first kappa shape index (κ1) is 14.9. The molecule has 1 heterocycles. The minimum Gasteiger partial charge on any atom is -0.497 e. The van der Waals surface area contributed by atoms with Crippen molar-refractivity contribution in [2.75, 3.05) is 7.11 Å². The van der Waals surface area contributed by atoms with Crippen molar-refractivity contribution < 1.29 is 19.4 Å². The number of aromatic amines is 1. The maximum atomic E-state index is 10.8. The van der Waals surface area contributed by atoms with Gasteiger partial charge in [-0.3, -0.25) is 4.79 Å². The van der Waals surface area contributed by atoms with Gasteiger partial charge < -0.3 is 19.6 Å². The second-order valence-electron chi connectivity index (χ2n) is 5.07. The second-order valence-corrected chi connectivity index (χ2v) is 5.07. The highest BCUT2D eigenvalue weighted by molar-refractivity contribution is 5.78. The molecule has 118 valence electrons. The summed E-state index contributed by atoms with van der Waals surface area (Å²) in [7, 11) is 1.60. The van der Waals surface area contributed by atoms with Crippen molar-refractivity contribution >= 4 is 17.0 Å². The summed E-state index contributed by atoms with van der Waals surface area (Å²) in [6.45, 7) is 0.288. The molecule has 0 aliphatic carbocycles. The molecular weight excluding hydrogens is 296 g/mol. The molecule has 6 heteroatoms. The number of ether oxygens (including phenoxy) is 2. The van der Waals surface area contributed by atoms with Crippen LogP contribution >= 0.6 is 0 Å². The number of hydrogen-bond acceptors (Lipinski definition) is 4. The maximum absolute atomic E-state index is 10.8. The Morgan fingerprint density at radius 3 is 2.83 bits per heavy atom. The Kier molecular flexibility index (Phi) is 4.14. The van der Waals surface area contributed by atoms with Gasteiger partial charge in [-0.05, 0) is 29.8 Å². The molecular formula is C17H16N2O4. The number of methoxy groups -OCH3 is 1. The molecule has 0 unspecified atom stereocenters. The highest BCUT2D eigenvalue weighted by Crippen LogP contribution is 2.20. The Labute approximate surface area is 132 Å². The summed E-state index contributed by atoms with van der Waals surface area (Å²) in [5, 5.41) is 8.84. The van der Waals surface area contributed by atoms with Crippen molar-refractivity contribution in [2.24, 2.45) is 0 Å². The van der Waals surface area contributed by atoms with Crippen LogP contribution in [0.4, 0.5) is 0 Å². The molecule has 0 bridgehead atoms. The zero-order valence-electron chi connectivity index (χ0n) is 12.6. The van der Waals surface area contributed by atoms with E-state index in [4.69, 9.17) is 14.6 Å². The molecule has 0 amide bonds. The first-order chi connectivity index (χ1) is 11.1. The maximum Gasteiger partial charge on any atom is 0.307 e. The van der Waals surface area contributed by atoms with Gasteiger partial charge >= 0.3 is 5.97 Å². The van der Waals surface area contributed by atoms with Crippen LogP contribution in [-0.4, -0.2) is 28.2 Å². The number of imidazole rings is 1. The van der Waals surface area contributed by atoms with E-state index in [0.29, 0.717) is 11.6 Å². The molecule has 0 saturated heterocycles. The first-order valence-corrected chi connectivity index (χ1v) is 7.10. The number of carboxylic acid groups (broad SMARTS) is 1. The van der Waals surface area contributed by atoms with Crippen molar-refractivity contribution in [3.05, 3.63) is 53.9 Å². The van der Waals surface area contributed by atoms with Crippen LogP contribution in [-0.2, 0) is 17.8 Å². The molecule has 3 rings (SSSR count). The van der Waals surface area contributed by atoms with Crippen LogP contribution in [0, 0.1) is 0 Å². The van der Waals surface area contributed by atoms with Gasteiger partial charge in [-0.1, -0.05) is 12.1 Å². The van der Waals surface area contributed by atoms with Gasteiger partial charge in [0.15, 0.2) is 0 Å². The van der Waals surface area contributed by atoms with Gasteiger partial charge in [0.1, 0.15) is 23.9 Å². The van der Waals surface area contributed by atoms with Crippen LogP contribution in [0.5, 0.6) is 11.5 Å². The van der Waals surface area contributed by atoms with Crippen LogP contribution in [0.25, 0.3) is 11.0 Å². The smallest absolute Gasteiger partial charge is 0.307 e. The number of hydrogen-bond donors (Lipinski definition) is 2. The fourth-order valence-electron chi connectivity index (χ4n) is 2.31. The van der Waals surface area contributed by atoms with E-state index in [1.54, 1.807) is 31.4 Å². The lowest BCUT2D eigenvalue weighted by atomic mass is 10.1. The lowest BCUT2D eigenvalue weighted by Gasteiger charge is -2.05. The number of nitrogens with zero attached hydrogens (tertiary/aromatic N) is 1. The molecule has 2 aromatic carbocycles. The lowest BCUT2D eigenvalue weighted by molar-refractivity contribution is -0.136. The van der Waals surface area contributed by atoms with Crippen LogP contribution in [0.1, 0.15) is 11.4 Å². The van der Waals surface area contributed by atoms with E-state index in [9.17, 15) is 4.79 Å². The molecule has 0 atom stereocenters. The van der Waals surface area contributed by atoms with E-state index in [1.165, 1.54) is 0 Å². The summed E-state index contributed by atoms with van der Waals surface area (Å²) in [5.74, 6) is 1.24. The SMILES string of the molecule is COc1cccc(OCc2nc3ccc(CC(=O)O)cc3[nH]2)c1. The minimum atomic E-state index is -0.856. The number of aromatic nitrogens is 2. The summed E-state index contributed by atoms with van der Waals surface area (Å²) in [4.78, 5) is 18.3. The van der Waals surface area contributed by atoms with Gasteiger partial charge in [0.2, 0.25) is 0 Å². The van der Waals surface area contributed by atoms with Gasteiger partial charge in [0, 0.05) is 6.07 Å². The quantitative estimate of drug-likeness (QED) is 0.731. The number of nitrogens with one attached hydrogen (secondary N) is 1. The number of rotatable bonds is 6. The minimum absolute atomic E-state index is 0.00932. The summed E-state index contributed by atoms with van der Waals surface area (Å²) >= 11 is 0. The Hall–Kier alpha value is -3.02. The molecule has 0 fully saturated rings. The molecule has 0 saturated carbocycles. The van der Waals surface area contributed by atoms with Gasteiger partial charge in [-0.25, -0.2) is 4.98 Å². The van der Waals surface area contributed by atoms with E-state index in [1.807, 2.05) is 18.2 Å². The second kappa shape index (κ2) is 6.39. The van der Waals surface area contributed by atoms with Crippen LogP contribution in [0.3, 0.4) is 0 Å². The summed E-state index contributed by atoms with van der Waals surface area (Å²) in [6, 6.07) is 12.7. The molecule has 0 radical (unpaired) electrons. The number of fused-ring (bicyclic) bond motifs is 1. The number of carboxylic acids is 1. The molecule has 3 aromatic rings. The first-order valence-electron chi connectivity index (χ1n) is 7.10. The van der Waals surface area contributed by atoms with Crippen LogP contribution in [0.15, 0.2) is 42.5 Å². The number of aliphatic carboxylic acids is 1. The van der Waals surface area contributed by atoms with Crippen molar-refractivity contribution in [2.45, 2.75) is 13.0 Å². The normalized spacial score (nSPS) is 10.7. The Bertz CT molecular complexity index is 841. The number of benzene rings is 2. The van der Waals surface area contributed by atoms with Gasteiger partial charge in [-0.15, -0.1) is 0 Å². The number of H-pyrrole nitrogens is 1. The third-order valence-corrected chi connectivity index (χ3v) is 3.37. The highest BCUT2D eigenvalue weighted by atomic mass is 16.5. The van der Waals surface area contributed by atoms with E-state index in [2.05, 4.69) is 9.97 Å². The molecule has 2 N–H and O–H groups in total. The van der Waals surface area contributed by atoms with Crippen molar-refractivity contribution in [3.63, 3.8) is 0 Å². The Morgan fingerprint density at radius 1 is 1.22 bits per heavy atom. The monoisotopic (exact) mass is 312 g/mol. The third kappa shape index (κ3) is 3.60. The van der Waals surface area contributed by atoms with Crippen molar-refractivity contribution in [1.82, 2.24) is 9.97 Å². The van der Waals surface area contributed by atoms with E-state index >= 15 is 0 Å². The third-order valence-electron chi connectivity index (χ3n) is 3.37. The average molecular weight is 312 g/mol. The van der Waals surface area contributed by atoms with Gasteiger partial charge in [0.25, 0.3) is 0 Å². The van der Waals surface area contributed by atoms with Crippen LogP contribution < -0.4 is 9.47 Å². The van der Waals surface area contributed by atoms with E-state index < -0.39 is 5.97 Å². The standard InChI is InChI=1S/C17H16N2O4/c1-22-12-3-2-4-13(9-12)23-10-16-18-14-6-5-11(8-17(20)21)7-15(14)19-16/h2-7,9H,8,10H2,1H3,(H,18,19)(H,20,21). The highest BCUT2D eigenvalue weighted by Gasteiger charge is 2.07. The zero-order chi connectivity index (χ0) is 16.2. The molecule has 0 spiro atoms. The summed E-state index contributed by atoms with van der Waals surface area (Å²) in [6.07, 6.45) is -0.00932. The average Bonchev–Trinajstić information content (AvgIpc) is 2.94. The summed E-state index contributed by atoms with van der Waals surface area (Å²) in [5.41, 5.74) is 2.31. The largest absolute Gasteiger partial charge is 0.497 e. The molecule has 23 heavy (non-hydrogen) atoms. The predicted octanol–water partition coefficient (Wildman–Crippen LogP) is 2.78. The lowest BCUT2D eigenvalue weighted by Crippen LogP contribution is -1.99. The van der Waals surface area contributed by atoms with Crippen molar-refractivity contribution in [3.8, 4) is 11.5 Å². The Balaban J connectivity index is 1.74. The van der Waals surface area contributed by atoms with Gasteiger partial charge in [-0.2, -0.15) is 0 Å². The molecule has 6 nitrogen and oxygen atoms in total. The Morgan fingerprint density at radius 2 is 2.04 bits per heavy atom. The predicted molar refractivity (Wildman–Crippen MR) is 84.8 cm³/mol. The van der Waals surface area contributed by atoms with Crippen molar-refractivity contribution in [1.29, 1.82) is 0 Å².